The smallest absolute Gasteiger partial charge is 0.226 e. The minimum absolute atomic E-state index is 0.535. The number of nitrogens with one attached hydrogen (secondary N) is 3. The molecule has 0 spiro atoms. The van der Waals surface area contributed by atoms with Gasteiger partial charge >= 0.3 is 0 Å². The van der Waals surface area contributed by atoms with Crippen molar-refractivity contribution in [3.63, 3.8) is 0 Å². The summed E-state index contributed by atoms with van der Waals surface area (Å²) in [6, 6.07) is 8.08. The summed E-state index contributed by atoms with van der Waals surface area (Å²) in [5.41, 5.74) is 2.39. The van der Waals surface area contributed by atoms with Crippen LogP contribution in [0.25, 0.3) is 11.2 Å². The van der Waals surface area contributed by atoms with Gasteiger partial charge in [-0.3, -0.25) is 0 Å². The van der Waals surface area contributed by atoms with Crippen LogP contribution < -0.4 is 10.6 Å². The highest BCUT2D eigenvalue weighted by Gasteiger charge is 2.09. The van der Waals surface area contributed by atoms with Gasteiger partial charge in [-0.15, -0.1) is 0 Å². The molecule has 6 nitrogen and oxygen atoms in total. The molecule has 0 aliphatic rings. The van der Waals surface area contributed by atoms with Crippen molar-refractivity contribution in [3.8, 4) is 0 Å². The number of imidazole rings is 1. The maximum Gasteiger partial charge on any atom is 0.226 e. The lowest BCUT2D eigenvalue weighted by Gasteiger charge is -2.08. The van der Waals surface area contributed by atoms with Gasteiger partial charge in [0.1, 0.15) is 5.52 Å². The zero-order valence-electron chi connectivity index (χ0n) is 10.1. The molecule has 2 heterocycles. The van der Waals surface area contributed by atoms with E-state index in [1.807, 2.05) is 24.3 Å². The van der Waals surface area contributed by atoms with Gasteiger partial charge in [-0.25, -0.2) is 4.98 Å². The van der Waals surface area contributed by atoms with Gasteiger partial charge in [0.25, 0.3) is 0 Å². The van der Waals surface area contributed by atoms with Crippen LogP contribution in [0.15, 0.2) is 30.6 Å². The minimum Gasteiger partial charge on any atom is -0.357 e. The topological polar surface area (TPSA) is 78.5 Å². The number of aromatic nitrogens is 4. The number of anilines is 3. The first-order valence-corrected chi connectivity index (χ1v) is 6.75. The minimum atomic E-state index is 0.535. The van der Waals surface area contributed by atoms with Crippen molar-refractivity contribution >= 4 is 51.2 Å². The highest BCUT2D eigenvalue weighted by molar-refractivity contribution is 14.1. The predicted octanol–water partition coefficient (Wildman–Crippen LogP) is 2.74. The van der Waals surface area contributed by atoms with Crippen LogP contribution in [0.3, 0.4) is 0 Å². The quantitative estimate of drug-likeness (QED) is 0.622. The number of rotatable bonds is 3. The maximum absolute atomic E-state index is 4.40. The first kappa shape index (κ1) is 12.2. The van der Waals surface area contributed by atoms with E-state index in [2.05, 4.69) is 53.2 Å². The largest absolute Gasteiger partial charge is 0.357 e. The Morgan fingerprint density at radius 3 is 2.68 bits per heavy atom. The number of benzene rings is 1. The summed E-state index contributed by atoms with van der Waals surface area (Å²) in [4.78, 5) is 15.9. The SMILES string of the molecule is CNc1nc(Nc2ccc(I)cc2)c2[nH]cnc2n1. The second kappa shape index (κ2) is 5.00. The first-order valence-electron chi connectivity index (χ1n) is 5.68. The molecule has 3 aromatic rings. The van der Waals surface area contributed by atoms with Gasteiger partial charge in [0.2, 0.25) is 5.95 Å². The number of aromatic amines is 1. The molecule has 3 N–H and O–H groups in total. The Bertz CT molecular complexity index is 706. The lowest BCUT2D eigenvalue weighted by Crippen LogP contribution is -2.01. The summed E-state index contributed by atoms with van der Waals surface area (Å²) < 4.78 is 1.19. The fourth-order valence-electron chi connectivity index (χ4n) is 1.71. The van der Waals surface area contributed by atoms with Crippen LogP contribution in [0.1, 0.15) is 0 Å². The third-order valence-electron chi connectivity index (χ3n) is 2.62. The average Bonchev–Trinajstić information content (AvgIpc) is 2.89. The number of hydrogen-bond donors (Lipinski definition) is 3. The van der Waals surface area contributed by atoms with Gasteiger partial charge in [-0.1, -0.05) is 0 Å². The first-order chi connectivity index (χ1) is 9.26. The lowest BCUT2D eigenvalue weighted by molar-refractivity contribution is 1.18. The van der Waals surface area contributed by atoms with E-state index >= 15 is 0 Å². The molecule has 0 amide bonds. The molecule has 96 valence electrons. The number of halogens is 1. The molecule has 0 aliphatic heterocycles. The standard InChI is InChI=1S/C12H11IN6/c1-14-12-18-10-9(15-6-16-10)11(19-12)17-8-4-2-7(13)3-5-8/h2-6H,1H3,(H3,14,15,16,17,18,19). The number of hydrogen-bond acceptors (Lipinski definition) is 5. The molecule has 0 bridgehead atoms. The Morgan fingerprint density at radius 1 is 1.16 bits per heavy atom. The molecule has 0 fully saturated rings. The molecule has 0 saturated carbocycles. The molecule has 7 heteroatoms. The van der Waals surface area contributed by atoms with E-state index in [9.17, 15) is 0 Å². The van der Waals surface area contributed by atoms with Crippen LogP contribution in [0.2, 0.25) is 0 Å². The maximum atomic E-state index is 4.40. The van der Waals surface area contributed by atoms with Crippen LogP contribution in [0.4, 0.5) is 17.5 Å². The number of H-pyrrole nitrogens is 1. The van der Waals surface area contributed by atoms with Gasteiger partial charge in [0.15, 0.2) is 11.5 Å². The fraction of sp³-hybridized carbons (Fsp3) is 0.0833. The molecule has 3 rings (SSSR count). The van der Waals surface area contributed by atoms with Crippen molar-refractivity contribution in [1.29, 1.82) is 0 Å². The van der Waals surface area contributed by atoms with E-state index in [0.717, 1.165) is 11.2 Å². The van der Waals surface area contributed by atoms with Crippen molar-refractivity contribution in [2.75, 3.05) is 17.7 Å². The molecule has 2 aromatic heterocycles. The van der Waals surface area contributed by atoms with E-state index < -0.39 is 0 Å². The molecule has 0 atom stereocenters. The Morgan fingerprint density at radius 2 is 1.95 bits per heavy atom. The van der Waals surface area contributed by atoms with E-state index in [1.165, 1.54) is 3.57 Å². The van der Waals surface area contributed by atoms with Gasteiger partial charge < -0.3 is 15.6 Å². The van der Waals surface area contributed by atoms with Crippen molar-refractivity contribution < 1.29 is 0 Å². The Hall–Kier alpha value is -1.90. The zero-order valence-corrected chi connectivity index (χ0v) is 12.3. The highest BCUT2D eigenvalue weighted by atomic mass is 127. The molecular weight excluding hydrogens is 355 g/mol. The van der Waals surface area contributed by atoms with Crippen molar-refractivity contribution in [1.82, 2.24) is 19.9 Å². The monoisotopic (exact) mass is 366 g/mol. The molecule has 0 aliphatic carbocycles. The second-order valence-corrected chi connectivity index (χ2v) is 5.12. The summed E-state index contributed by atoms with van der Waals surface area (Å²) in [5.74, 6) is 1.24. The van der Waals surface area contributed by atoms with Crippen molar-refractivity contribution in [2.45, 2.75) is 0 Å². The summed E-state index contributed by atoms with van der Waals surface area (Å²) in [5, 5.41) is 6.20. The highest BCUT2D eigenvalue weighted by Crippen LogP contribution is 2.23. The van der Waals surface area contributed by atoms with Gasteiger partial charge in [0, 0.05) is 16.3 Å². The second-order valence-electron chi connectivity index (χ2n) is 3.88. The van der Waals surface area contributed by atoms with Gasteiger partial charge in [-0.05, 0) is 46.9 Å². The molecule has 0 unspecified atom stereocenters. The third-order valence-corrected chi connectivity index (χ3v) is 3.34. The third kappa shape index (κ3) is 2.46. The molecule has 19 heavy (non-hydrogen) atoms. The summed E-state index contributed by atoms with van der Waals surface area (Å²) in [7, 11) is 1.78. The summed E-state index contributed by atoms with van der Waals surface area (Å²) >= 11 is 2.27. The molecule has 1 aromatic carbocycles. The van der Waals surface area contributed by atoms with Crippen molar-refractivity contribution in [2.24, 2.45) is 0 Å². The van der Waals surface area contributed by atoms with Gasteiger partial charge in [-0.2, -0.15) is 9.97 Å². The van der Waals surface area contributed by atoms with Crippen molar-refractivity contribution in [3.05, 3.63) is 34.2 Å². The van der Waals surface area contributed by atoms with Crippen LogP contribution in [0, 0.1) is 3.57 Å². The van der Waals surface area contributed by atoms with E-state index in [0.29, 0.717) is 17.4 Å². The van der Waals surface area contributed by atoms with Crippen LogP contribution in [-0.4, -0.2) is 27.0 Å². The summed E-state index contributed by atoms with van der Waals surface area (Å²) in [6.45, 7) is 0. The van der Waals surface area contributed by atoms with E-state index in [-0.39, 0.29) is 0 Å². The fourth-order valence-corrected chi connectivity index (χ4v) is 2.06. The summed E-state index contributed by atoms with van der Waals surface area (Å²) in [6.07, 6.45) is 1.61. The van der Waals surface area contributed by atoms with Gasteiger partial charge in [0.05, 0.1) is 6.33 Å². The Labute approximate surface area is 123 Å². The molecule has 0 saturated heterocycles. The molecular formula is C12H11IN6. The van der Waals surface area contributed by atoms with Crippen LogP contribution in [-0.2, 0) is 0 Å². The number of nitrogens with zero attached hydrogens (tertiary/aromatic N) is 3. The van der Waals surface area contributed by atoms with E-state index in [4.69, 9.17) is 0 Å². The average molecular weight is 366 g/mol. The van der Waals surface area contributed by atoms with E-state index in [1.54, 1.807) is 13.4 Å². The zero-order chi connectivity index (χ0) is 13.2. The normalized spacial score (nSPS) is 10.6. The predicted molar refractivity (Wildman–Crippen MR) is 83.7 cm³/mol. The molecule has 0 radical (unpaired) electrons. The van der Waals surface area contributed by atoms with Crippen LogP contribution in [0.5, 0.6) is 0 Å². The van der Waals surface area contributed by atoms with Crippen LogP contribution >= 0.6 is 22.6 Å². The Balaban J connectivity index is 2.03. The number of fused-ring (bicyclic) bond motifs is 1. The lowest BCUT2D eigenvalue weighted by atomic mass is 10.3. The Kier molecular flexibility index (Phi) is 3.20.